The predicted molar refractivity (Wildman–Crippen MR) is 61.8 cm³/mol. The van der Waals surface area contributed by atoms with Gasteiger partial charge in [0.1, 0.15) is 16.3 Å². The van der Waals surface area contributed by atoms with Gasteiger partial charge in [-0.15, -0.1) is 22.9 Å². The fraction of sp³-hybridized carbons (Fsp3) is 0.600. The van der Waals surface area contributed by atoms with Gasteiger partial charge < -0.3 is 4.74 Å². The molecule has 0 aliphatic carbocycles. The number of hydrogen-bond donors (Lipinski definition) is 0. The topological polar surface area (TPSA) is 39.2 Å². The van der Waals surface area contributed by atoms with Gasteiger partial charge in [-0.3, -0.25) is 4.79 Å². The minimum absolute atomic E-state index is 0.0288. The molecule has 1 heterocycles. The molecule has 0 amide bonds. The van der Waals surface area contributed by atoms with Gasteiger partial charge in [0.2, 0.25) is 0 Å². The molecule has 5 heteroatoms. The molecule has 0 N–H and O–H groups in total. The van der Waals surface area contributed by atoms with Crippen molar-refractivity contribution >= 4 is 28.7 Å². The van der Waals surface area contributed by atoms with E-state index in [0.29, 0.717) is 5.69 Å². The minimum atomic E-state index is -0.407. The molecule has 0 fully saturated rings. The van der Waals surface area contributed by atoms with Gasteiger partial charge in [-0.2, -0.15) is 0 Å². The van der Waals surface area contributed by atoms with Gasteiger partial charge in [-0.05, 0) is 13.3 Å². The largest absolute Gasteiger partial charge is 0.371 e. The molecule has 0 aliphatic rings. The van der Waals surface area contributed by atoms with E-state index in [1.807, 2.05) is 13.8 Å². The highest BCUT2D eigenvalue weighted by Crippen LogP contribution is 2.30. The van der Waals surface area contributed by atoms with Gasteiger partial charge in [0.05, 0.1) is 5.88 Å². The lowest BCUT2D eigenvalue weighted by atomic mass is 10.1. The van der Waals surface area contributed by atoms with E-state index in [-0.39, 0.29) is 11.7 Å². The van der Waals surface area contributed by atoms with Gasteiger partial charge in [-0.25, -0.2) is 4.98 Å². The lowest BCUT2D eigenvalue weighted by Gasteiger charge is -2.23. The maximum Gasteiger partial charge on any atom is 0.196 e. The maximum atomic E-state index is 11.3. The number of methoxy groups -OCH3 is 1. The molecular formula is C10H14ClNO2S. The lowest BCUT2D eigenvalue weighted by Crippen LogP contribution is -2.23. The van der Waals surface area contributed by atoms with Crippen LogP contribution >= 0.6 is 22.9 Å². The minimum Gasteiger partial charge on any atom is -0.371 e. The zero-order valence-electron chi connectivity index (χ0n) is 9.04. The standard InChI is InChI=1S/C10H14ClNO2S/c1-4-10(2,14-3)9-12-7(6-15-9)8(13)5-11/h6H,4-5H2,1-3H3. The summed E-state index contributed by atoms with van der Waals surface area (Å²) in [6.45, 7) is 3.98. The molecule has 0 bridgehead atoms. The zero-order valence-corrected chi connectivity index (χ0v) is 10.6. The number of rotatable bonds is 5. The second-order valence-corrected chi connectivity index (χ2v) is 4.51. The summed E-state index contributed by atoms with van der Waals surface area (Å²) in [5.74, 6) is -0.173. The van der Waals surface area contributed by atoms with Crippen molar-refractivity contribution in [3.8, 4) is 0 Å². The smallest absolute Gasteiger partial charge is 0.196 e. The third-order valence-corrected chi connectivity index (χ3v) is 3.82. The van der Waals surface area contributed by atoms with Crippen molar-refractivity contribution in [2.45, 2.75) is 25.9 Å². The first-order chi connectivity index (χ1) is 7.07. The number of ketones is 1. The van der Waals surface area contributed by atoms with Crippen molar-refractivity contribution in [1.82, 2.24) is 4.98 Å². The molecule has 3 nitrogen and oxygen atoms in total. The molecule has 0 spiro atoms. The van der Waals surface area contributed by atoms with Gasteiger partial charge in [-0.1, -0.05) is 6.92 Å². The molecule has 1 atom stereocenters. The molecule has 1 aromatic rings. The summed E-state index contributed by atoms with van der Waals surface area (Å²) in [5, 5.41) is 2.55. The Labute approximate surface area is 98.4 Å². The molecule has 1 rings (SSSR count). The summed E-state index contributed by atoms with van der Waals surface area (Å²) in [6, 6.07) is 0. The van der Waals surface area contributed by atoms with Crippen molar-refractivity contribution in [3.05, 3.63) is 16.1 Å². The summed E-state index contributed by atoms with van der Waals surface area (Å²) in [4.78, 5) is 15.6. The number of carbonyl (C=O) groups is 1. The second kappa shape index (κ2) is 5.05. The molecule has 0 aliphatic heterocycles. The van der Waals surface area contributed by atoms with E-state index in [1.54, 1.807) is 12.5 Å². The molecule has 0 saturated carbocycles. The number of nitrogens with zero attached hydrogens (tertiary/aromatic N) is 1. The van der Waals surface area contributed by atoms with E-state index in [4.69, 9.17) is 16.3 Å². The number of alkyl halides is 1. The summed E-state index contributed by atoms with van der Waals surface area (Å²) in [5.41, 5.74) is 0.0249. The molecule has 1 unspecified atom stereocenters. The first-order valence-electron chi connectivity index (χ1n) is 4.67. The molecule has 84 valence electrons. The van der Waals surface area contributed by atoms with Crippen LogP contribution in [0.25, 0.3) is 0 Å². The van der Waals surface area contributed by atoms with E-state index in [1.165, 1.54) is 11.3 Å². The first kappa shape index (κ1) is 12.6. The average Bonchev–Trinajstić information content (AvgIpc) is 2.76. The molecular weight excluding hydrogens is 234 g/mol. The Kier molecular flexibility index (Phi) is 4.25. The van der Waals surface area contributed by atoms with Crippen molar-refractivity contribution in [2.24, 2.45) is 0 Å². The van der Waals surface area contributed by atoms with Gasteiger partial charge in [0.25, 0.3) is 0 Å². The molecule has 0 aromatic carbocycles. The summed E-state index contributed by atoms with van der Waals surface area (Å²) >= 11 is 6.90. The molecule has 1 aromatic heterocycles. The predicted octanol–water partition coefficient (Wildman–Crippen LogP) is 2.84. The highest BCUT2D eigenvalue weighted by atomic mass is 35.5. The van der Waals surface area contributed by atoms with Crippen molar-refractivity contribution < 1.29 is 9.53 Å². The quantitative estimate of drug-likeness (QED) is 0.593. The van der Waals surface area contributed by atoms with Crippen LogP contribution in [0.4, 0.5) is 0 Å². The van der Waals surface area contributed by atoms with Crippen molar-refractivity contribution in [3.63, 3.8) is 0 Å². The first-order valence-corrected chi connectivity index (χ1v) is 6.09. The van der Waals surface area contributed by atoms with Crippen molar-refractivity contribution in [2.75, 3.05) is 13.0 Å². The fourth-order valence-electron chi connectivity index (χ4n) is 1.10. The van der Waals surface area contributed by atoms with Crippen LogP contribution in [0.1, 0.15) is 35.8 Å². The van der Waals surface area contributed by atoms with E-state index in [2.05, 4.69) is 4.98 Å². The molecule has 15 heavy (non-hydrogen) atoms. The number of carbonyl (C=O) groups excluding carboxylic acids is 1. The monoisotopic (exact) mass is 247 g/mol. The van der Waals surface area contributed by atoms with Crippen LogP contribution in [0.3, 0.4) is 0 Å². The van der Waals surface area contributed by atoms with Gasteiger partial charge >= 0.3 is 0 Å². The van der Waals surface area contributed by atoms with Crippen molar-refractivity contribution in [1.29, 1.82) is 0 Å². The van der Waals surface area contributed by atoms with Gasteiger partial charge in [0.15, 0.2) is 5.78 Å². The van der Waals surface area contributed by atoms with Gasteiger partial charge in [0, 0.05) is 12.5 Å². The second-order valence-electron chi connectivity index (χ2n) is 3.38. The van der Waals surface area contributed by atoms with E-state index in [9.17, 15) is 4.79 Å². The van der Waals surface area contributed by atoms with Crippen LogP contribution in [0, 0.1) is 0 Å². The number of ether oxygens (including phenoxy) is 1. The van der Waals surface area contributed by atoms with Crippen LogP contribution in [0.15, 0.2) is 5.38 Å². The van der Waals surface area contributed by atoms with Crippen LogP contribution < -0.4 is 0 Å². The number of halogens is 1. The van der Waals surface area contributed by atoms with Crippen LogP contribution in [-0.4, -0.2) is 23.8 Å². The Hall–Kier alpha value is -0.450. The highest BCUT2D eigenvalue weighted by Gasteiger charge is 2.28. The Balaban J connectivity index is 2.97. The summed E-state index contributed by atoms with van der Waals surface area (Å²) in [7, 11) is 1.65. The lowest BCUT2D eigenvalue weighted by molar-refractivity contribution is -0.00162. The number of hydrogen-bond acceptors (Lipinski definition) is 4. The zero-order chi connectivity index (χ0) is 11.5. The van der Waals surface area contributed by atoms with E-state index < -0.39 is 5.60 Å². The SMILES string of the molecule is CCC(C)(OC)c1nc(C(=O)CCl)cs1. The number of thiazole rings is 1. The Bertz CT molecular complexity index is 347. The normalized spacial score (nSPS) is 14.9. The highest BCUT2D eigenvalue weighted by molar-refractivity contribution is 7.10. The summed E-state index contributed by atoms with van der Waals surface area (Å²) < 4.78 is 5.40. The van der Waals surface area contributed by atoms with E-state index >= 15 is 0 Å². The Morgan fingerprint density at radius 1 is 1.73 bits per heavy atom. The Morgan fingerprint density at radius 2 is 2.40 bits per heavy atom. The molecule has 0 radical (unpaired) electrons. The maximum absolute atomic E-state index is 11.3. The Morgan fingerprint density at radius 3 is 2.87 bits per heavy atom. The van der Waals surface area contributed by atoms with Crippen LogP contribution in [0.2, 0.25) is 0 Å². The third-order valence-electron chi connectivity index (χ3n) is 2.49. The van der Waals surface area contributed by atoms with E-state index in [0.717, 1.165) is 11.4 Å². The summed E-state index contributed by atoms with van der Waals surface area (Å²) in [6.07, 6.45) is 0.811. The number of Topliss-reactive ketones (excluding diaryl/α,β-unsaturated/α-hetero) is 1. The third kappa shape index (κ3) is 2.56. The van der Waals surface area contributed by atoms with Crippen LogP contribution in [-0.2, 0) is 10.3 Å². The average molecular weight is 248 g/mol. The fourth-order valence-corrected chi connectivity index (χ4v) is 2.27. The van der Waals surface area contributed by atoms with Crippen LogP contribution in [0.5, 0.6) is 0 Å². The molecule has 0 saturated heterocycles. The number of aromatic nitrogens is 1.